The highest BCUT2D eigenvalue weighted by molar-refractivity contribution is 5.09. The molecule has 1 aliphatic carbocycles. The van der Waals surface area contributed by atoms with Crippen molar-refractivity contribution in [2.75, 3.05) is 14.2 Å². The van der Waals surface area contributed by atoms with E-state index in [1.807, 2.05) is 11.7 Å². The van der Waals surface area contributed by atoms with E-state index in [1.165, 1.54) is 12.8 Å². The summed E-state index contributed by atoms with van der Waals surface area (Å²) >= 11 is 0. The molecule has 1 aromatic rings. The van der Waals surface area contributed by atoms with E-state index in [2.05, 4.69) is 15.6 Å². The zero-order valence-corrected chi connectivity index (χ0v) is 9.36. The first-order valence-electron chi connectivity index (χ1n) is 5.40. The minimum atomic E-state index is 0.594. The van der Waals surface area contributed by atoms with Crippen molar-refractivity contribution in [3.05, 3.63) is 11.4 Å². The van der Waals surface area contributed by atoms with Gasteiger partial charge in [-0.05, 0) is 25.8 Å². The van der Waals surface area contributed by atoms with Gasteiger partial charge in [0.15, 0.2) is 0 Å². The lowest BCUT2D eigenvalue weighted by Gasteiger charge is -2.06. The molecule has 5 nitrogen and oxygen atoms in total. The molecular formula is C10H18N4O. The van der Waals surface area contributed by atoms with E-state index >= 15 is 0 Å². The van der Waals surface area contributed by atoms with Crippen molar-refractivity contribution in [1.82, 2.24) is 20.3 Å². The van der Waals surface area contributed by atoms with E-state index < -0.39 is 0 Å². The van der Waals surface area contributed by atoms with Crippen LogP contribution in [0.1, 0.15) is 24.2 Å². The predicted octanol–water partition coefficient (Wildman–Crippen LogP) is 0.554. The Balaban J connectivity index is 2.11. The minimum absolute atomic E-state index is 0.594. The summed E-state index contributed by atoms with van der Waals surface area (Å²) in [6.45, 7) is 2.34. The van der Waals surface area contributed by atoms with Gasteiger partial charge in [0.2, 0.25) is 0 Å². The summed E-state index contributed by atoms with van der Waals surface area (Å²) in [5, 5.41) is 11.4. The van der Waals surface area contributed by atoms with Crippen molar-refractivity contribution >= 4 is 0 Å². The van der Waals surface area contributed by atoms with Crippen molar-refractivity contribution in [2.24, 2.45) is 5.92 Å². The second kappa shape index (κ2) is 4.72. The van der Waals surface area contributed by atoms with Crippen LogP contribution in [0, 0.1) is 5.92 Å². The molecule has 0 saturated heterocycles. The molecule has 0 atom stereocenters. The second-order valence-corrected chi connectivity index (χ2v) is 4.07. The molecule has 0 unspecified atom stereocenters. The highest BCUT2D eigenvalue weighted by Gasteiger charge is 2.24. The van der Waals surface area contributed by atoms with Crippen molar-refractivity contribution in [1.29, 1.82) is 0 Å². The third-order valence-corrected chi connectivity index (χ3v) is 2.67. The lowest BCUT2D eigenvalue weighted by Crippen LogP contribution is -2.11. The molecule has 0 aliphatic heterocycles. The summed E-state index contributed by atoms with van der Waals surface area (Å²) in [6, 6.07) is 0. The molecule has 0 aromatic carbocycles. The molecule has 0 spiro atoms. The summed E-state index contributed by atoms with van der Waals surface area (Å²) in [7, 11) is 3.62. The Bertz CT molecular complexity index is 319. The van der Waals surface area contributed by atoms with E-state index in [0.29, 0.717) is 6.61 Å². The van der Waals surface area contributed by atoms with Crippen molar-refractivity contribution < 1.29 is 4.74 Å². The predicted molar refractivity (Wildman–Crippen MR) is 56.2 cm³/mol. The second-order valence-electron chi connectivity index (χ2n) is 4.07. The smallest absolute Gasteiger partial charge is 0.102 e. The van der Waals surface area contributed by atoms with Crippen molar-refractivity contribution in [3.8, 4) is 0 Å². The number of nitrogens with one attached hydrogen (secondary N) is 1. The lowest BCUT2D eigenvalue weighted by atomic mass is 10.3. The first-order valence-corrected chi connectivity index (χ1v) is 5.40. The maximum Gasteiger partial charge on any atom is 0.102 e. The number of methoxy groups -OCH3 is 1. The fourth-order valence-corrected chi connectivity index (χ4v) is 1.66. The van der Waals surface area contributed by atoms with Crippen LogP contribution >= 0.6 is 0 Å². The Kier molecular flexibility index (Phi) is 3.33. The van der Waals surface area contributed by atoms with Crippen LogP contribution in [0.25, 0.3) is 0 Å². The molecule has 1 aliphatic rings. The van der Waals surface area contributed by atoms with E-state index in [4.69, 9.17) is 4.74 Å². The molecule has 1 aromatic heterocycles. The van der Waals surface area contributed by atoms with Gasteiger partial charge in [-0.2, -0.15) is 0 Å². The average Bonchev–Trinajstić information content (AvgIpc) is 2.96. The van der Waals surface area contributed by atoms with Crippen LogP contribution in [0.15, 0.2) is 0 Å². The third-order valence-electron chi connectivity index (χ3n) is 2.67. The molecule has 2 rings (SSSR count). The van der Waals surface area contributed by atoms with Gasteiger partial charge in [0.1, 0.15) is 5.69 Å². The first-order chi connectivity index (χ1) is 7.35. The molecule has 1 saturated carbocycles. The van der Waals surface area contributed by atoms with Crippen LogP contribution in [-0.4, -0.2) is 29.2 Å². The topological polar surface area (TPSA) is 52.0 Å². The highest BCUT2D eigenvalue weighted by Crippen LogP contribution is 2.30. The number of nitrogens with zero attached hydrogens (tertiary/aromatic N) is 3. The Labute approximate surface area is 89.8 Å². The Morgan fingerprint density at radius 2 is 2.33 bits per heavy atom. The Morgan fingerprint density at radius 1 is 1.53 bits per heavy atom. The summed E-state index contributed by atoms with van der Waals surface area (Å²) < 4.78 is 7.18. The van der Waals surface area contributed by atoms with Crippen LogP contribution in [0.4, 0.5) is 0 Å². The van der Waals surface area contributed by atoms with Gasteiger partial charge >= 0.3 is 0 Å². The Morgan fingerprint density at radius 3 is 2.93 bits per heavy atom. The highest BCUT2D eigenvalue weighted by atomic mass is 16.5. The van der Waals surface area contributed by atoms with Gasteiger partial charge in [-0.15, -0.1) is 5.10 Å². The number of rotatable bonds is 6. The van der Waals surface area contributed by atoms with Gasteiger partial charge in [-0.3, -0.25) is 0 Å². The number of hydrogen-bond acceptors (Lipinski definition) is 4. The molecule has 0 radical (unpaired) electrons. The Hall–Kier alpha value is -0.940. The zero-order valence-electron chi connectivity index (χ0n) is 9.36. The van der Waals surface area contributed by atoms with Crippen molar-refractivity contribution in [2.45, 2.75) is 32.5 Å². The van der Waals surface area contributed by atoms with Gasteiger partial charge in [0.25, 0.3) is 0 Å². The first kappa shape index (κ1) is 10.6. The van der Waals surface area contributed by atoms with E-state index in [1.54, 1.807) is 7.11 Å². The lowest BCUT2D eigenvalue weighted by molar-refractivity contribution is 0.175. The summed E-state index contributed by atoms with van der Waals surface area (Å²) in [4.78, 5) is 0. The molecule has 1 heterocycles. The largest absolute Gasteiger partial charge is 0.378 e. The number of ether oxygens (including phenoxy) is 1. The zero-order chi connectivity index (χ0) is 10.7. The monoisotopic (exact) mass is 210 g/mol. The van der Waals surface area contributed by atoms with E-state index in [-0.39, 0.29) is 0 Å². The summed E-state index contributed by atoms with van der Waals surface area (Å²) in [5.74, 6) is 0.810. The molecular weight excluding hydrogens is 192 g/mol. The standard InChI is InChI=1S/C10H18N4O/c1-11-5-9-10(7-15-2)14(13-12-9)6-8-3-4-8/h8,11H,3-7H2,1-2H3. The normalized spacial score (nSPS) is 15.9. The van der Waals surface area contributed by atoms with Gasteiger partial charge in [-0.1, -0.05) is 5.21 Å². The molecule has 0 amide bonds. The molecule has 84 valence electrons. The van der Waals surface area contributed by atoms with Gasteiger partial charge in [-0.25, -0.2) is 4.68 Å². The van der Waals surface area contributed by atoms with Crippen LogP contribution in [0.3, 0.4) is 0 Å². The van der Waals surface area contributed by atoms with Crippen LogP contribution in [0.5, 0.6) is 0 Å². The molecule has 0 bridgehead atoms. The third kappa shape index (κ3) is 2.54. The van der Waals surface area contributed by atoms with Gasteiger partial charge < -0.3 is 10.1 Å². The van der Waals surface area contributed by atoms with Gasteiger partial charge in [0.05, 0.1) is 12.3 Å². The number of hydrogen-bond donors (Lipinski definition) is 1. The molecule has 1 N–H and O–H groups in total. The minimum Gasteiger partial charge on any atom is -0.378 e. The molecule has 15 heavy (non-hydrogen) atoms. The van der Waals surface area contributed by atoms with Crippen LogP contribution in [-0.2, 0) is 24.4 Å². The maximum absolute atomic E-state index is 5.19. The summed E-state index contributed by atoms with van der Waals surface area (Å²) in [5.41, 5.74) is 2.11. The quantitative estimate of drug-likeness (QED) is 0.745. The average molecular weight is 210 g/mol. The fourth-order valence-electron chi connectivity index (χ4n) is 1.66. The van der Waals surface area contributed by atoms with Crippen LogP contribution < -0.4 is 5.32 Å². The summed E-state index contributed by atoms with van der Waals surface area (Å²) in [6.07, 6.45) is 2.65. The van der Waals surface area contributed by atoms with Crippen LogP contribution in [0.2, 0.25) is 0 Å². The SMILES string of the molecule is CNCc1nnn(CC2CC2)c1COC. The maximum atomic E-state index is 5.19. The van der Waals surface area contributed by atoms with Gasteiger partial charge in [0, 0.05) is 20.2 Å². The molecule has 5 heteroatoms. The van der Waals surface area contributed by atoms with E-state index in [9.17, 15) is 0 Å². The van der Waals surface area contributed by atoms with E-state index in [0.717, 1.165) is 30.4 Å². The molecule has 1 fully saturated rings. The number of aromatic nitrogens is 3. The fraction of sp³-hybridized carbons (Fsp3) is 0.800. The van der Waals surface area contributed by atoms with Crippen molar-refractivity contribution in [3.63, 3.8) is 0 Å².